The molecule has 158 valence electrons. The van der Waals surface area contributed by atoms with Crippen LogP contribution in [-0.4, -0.2) is 19.9 Å². The largest absolute Gasteiger partial charge is 0.360 e. The van der Waals surface area contributed by atoms with Gasteiger partial charge in [-0.2, -0.15) is 0 Å². The number of aromatic nitrogens is 4. The van der Waals surface area contributed by atoms with E-state index in [9.17, 15) is 0 Å². The Kier molecular flexibility index (Phi) is 4.59. The number of hydrogen-bond donors (Lipinski definition) is 4. The quantitative estimate of drug-likeness (QED) is 0.224. The van der Waals surface area contributed by atoms with Crippen molar-refractivity contribution in [3.8, 4) is 22.8 Å². The SMILES string of the molecule is CC(C)(c1ccc(-c2ccc[nH]2)[nH]1)c1ccc(C(C)(C)c2ccc(-c3ccc[nH]3)[nH]2)s1. The molecule has 0 radical (unpaired) electrons. The average molecular weight is 429 g/mol. The van der Waals surface area contributed by atoms with Gasteiger partial charge >= 0.3 is 0 Å². The van der Waals surface area contributed by atoms with E-state index in [0.29, 0.717) is 0 Å². The Labute approximate surface area is 186 Å². The Morgan fingerprint density at radius 1 is 0.548 bits per heavy atom. The van der Waals surface area contributed by atoms with Crippen molar-refractivity contribution in [2.75, 3.05) is 0 Å². The molecule has 0 saturated heterocycles. The van der Waals surface area contributed by atoms with E-state index in [2.05, 4.69) is 96.2 Å². The summed E-state index contributed by atoms with van der Waals surface area (Å²) in [5.74, 6) is 0. The van der Waals surface area contributed by atoms with Gasteiger partial charge < -0.3 is 19.9 Å². The van der Waals surface area contributed by atoms with Gasteiger partial charge in [0.2, 0.25) is 0 Å². The molecule has 5 heterocycles. The van der Waals surface area contributed by atoms with Crippen molar-refractivity contribution in [2.24, 2.45) is 0 Å². The summed E-state index contributed by atoms with van der Waals surface area (Å²) < 4.78 is 0. The van der Waals surface area contributed by atoms with Gasteiger partial charge in [0, 0.05) is 44.4 Å². The third-order valence-corrected chi connectivity index (χ3v) is 8.07. The fourth-order valence-corrected chi connectivity index (χ4v) is 5.34. The van der Waals surface area contributed by atoms with Crippen molar-refractivity contribution < 1.29 is 0 Å². The average Bonchev–Trinajstić information content (AvgIpc) is 3.58. The summed E-state index contributed by atoms with van der Waals surface area (Å²) in [5.41, 5.74) is 6.69. The van der Waals surface area contributed by atoms with Gasteiger partial charge in [-0.05, 0) is 88.4 Å². The minimum atomic E-state index is -0.102. The van der Waals surface area contributed by atoms with Crippen LogP contribution >= 0.6 is 11.3 Å². The summed E-state index contributed by atoms with van der Waals surface area (Å²) in [6, 6.07) is 21.5. The Hall–Kier alpha value is -3.18. The fourth-order valence-electron chi connectivity index (χ4n) is 4.10. The maximum Gasteiger partial charge on any atom is 0.0621 e. The molecule has 0 aliphatic heterocycles. The highest BCUT2D eigenvalue weighted by atomic mass is 32.1. The van der Waals surface area contributed by atoms with E-state index in [1.807, 2.05) is 35.9 Å². The Morgan fingerprint density at radius 3 is 1.39 bits per heavy atom. The lowest BCUT2D eigenvalue weighted by Gasteiger charge is -2.24. The molecule has 0 aromatic carbocycles. The van der Waals surface area contributed by atoms with Crippen molar-refractivity contribution in [2.45, 2.75) is 38.5 Å². The molecule has 0 atom stereocenters. The molecular formula is C26H28N4S. The highest BCUT2D eigenvalue weighted by molar-refractivity contribution is 7.12. The molecule has 0 amide bonds. The highest BCUT2D eigenvalue weighted by Crippen LogP contribution is 2.42. The minimum absolute atomic E-state index is 0.102. The van der Waals surface area contributed by atoms with Crippen molar-refractivity contribution in [1.29, 1.82) is 0 Å². The van der Waals surface area contributed by atoms with Gasteiger partial charge in [0.1, 0.15) is 0 Å². The van der Waals surface area contributed by atoms with E-state index >= 15 is 0 Å². The van der Waals surface area contributed by atoms with Gasteiger partial charge in [-0.15, -0.1) is 11.3 Å². The third-order valence-electron chi connectivity index (χ3n) is 6.33. The van der Waals surface area contributed by atoms with Gasteiger partial charge in [0.25, 0.3) is 0 Å². The second-order valence-corrected chi connectivity index (χ2v) is 10.2. The van der Waals surface area contributed by atoms with E-state index in [1.54, 1.807) is 0 Å². The van der Waals surface area contributed by atoms with E-state index in [0.717, 1.165) is 22.8 Å². The molecule has 31 heavy (non-hydrogen) atoms. The molecule has 0 aliphatic rings. The number of rotatable bonds is 6. The van der Waals surface area contributed by atoms with Crippen LogP contribution in [-0.2, 0) is 10.8 Å². The van der Waals surface area contributed by atoms with Crippen LogP contribution in [0.4, 0.5) is 0 Å². The molecule has 5 heteroatoms. The van der Waals surface area contributed by atoms with E-state index < -0.39 is 0 Å². The first kappa shape index (κ1) is 19.8. The molecule has 5 rings (SSSR count). The zero-order chi connectivity index (χ0) is 21.6. The Bertz CT molecular complexity index is 1180. The summed E-state index contributed by atoms with van der Waals surface area (Å²) >= 11 is 1.89. The van der Waals surface area contributed by atoms with Gasteiger partial charge in [-0.1, -0.05) is 0 Å². The molecule has 5 aromatic heterocycles. The van der Waals surface area contributed by atoms with Gasteiger partial charge in [-0.25, -0.2) is 0 Å². The third kappa shape index (κ3) is 3.39. The summed E-state index contributed by atoms with van der Waals surface area (Å²) in [5, 5.41) is 0. The van der Waals surface area contributed by atoms with Gasteiger partial charge in [0.15, 0.2) is 0 Å². The zero-order valence-corrected chi connectivity index (χ0v) is 19.2. The summed E-state index contributed by atoms with van der Waals surface area (Å²) in [6.07, 6.45) is 3.91. The van der Waals surface area contributed by atoms with Crippen LogP contribution in [0.5, 0.6) is 0 Å². The van der Waals surface area contributed by atoms with Crippen LogP contribution in [0.25, 0.3) is 22.8 Å². The van der Waals surface area contributed by atoms with Crippen LogP contribution in [0.15, 0.2) is 73.1 Å². The first-order chi connectivity index (χ1) is 14.9. The van der Waals surface area contributed by atoms with Crippen LogP contribution < -0.4 is 0 Å². The lowest BCUT2D eigenvalue weighted by Crippen LogP contribution is -2.19. The molecule has 0 spiro atoms. The Balaban J connectivity index is 1.43. The highest BCUT2D eigenvalue weighted by Gasteiger charge is 2.31. The molecule has 0 fully saturated rings. The molecule has 4 nitrogen and oxygen atoms in total. The standard InChI is InChI=1S/C26H28N4S/c1-25(2,21-11-9-19(29-21)17-7-5-15-27-17)23-13-14-24(31-23)26(3,4)22-12-10-20(30-22)18-8-6-16-28-18/h5-16,27-30H,1-4H3. The number of thiophene rings is 1. The number of aromatic amines is 4. The van der Waals surface area contributed by atoms with E-state index in [-0.39, 0.29) is 10.8 Å². The Morgan fingerprint density at radius 2 is 1.00 bits per heavy atom. The topological polar surface area (TPSA) is 63.2 Å². The number of nitrogens with one attached hydrogen (secondary N) is 4. The van der Waals surface area contributed by atoms with Crippen LogP contribution in [0.3, 0.4) is 0 Å². The smallest absolute Gasteiger partial charge is 0.0621 e. The predicted octanol–water partition coefficient (Wildman–Crippen LogP) is 7.05. The lowest BCUT2D eigenvalue weighted by molar-refractivity contribution is 0.633. The fraction of sp³-hybridized carbons (Fsp3) is 0.231. The van der Waals surface area contributed by atoms with E-state index in [4.69, 9.17) is 0 Å². The molecule has 0 bridgehead atoms. The zero-order valence-electron chi connectivity index (χ0n) is 18.3. The van der Waals surface area contributed by atoms with Crippen molar-refractivity contribution in [1.82, 2.24) is 19.9 Å². The molecule has 0 aliphatic carbocycles. The maximum absolute atomic E-state index is 3.62. The maximum atomic E-state index is 3.62. The van der Waals surface area contributed by atoms with Crippen molar-refractivity contribution in [3.63, 3.8) is 0 Å². The first-order valence-corrected chi connectivity index (χ1v) is 11.4. The molecule has 4 N–H and O–H groups in total. The minimum Gasteiger partial charge on any atom is -0.360 e. The summed E-state index contributed by atoms with van der Waals surface area (Å²) in [4.78, 5) is 16.5. The van der Waals surface area contributed by atoms with Crippen LogP contribution in [0, 0.1) is 0 Å². The molecule has 0 unspecified atom stereocenters. The van der Waals surface area contributed by atoms with Gasteiger partial charge in [-0.3, -0.25) is 0 Å². The second kappa shape index (κ2) is 7.20. The molecule has 0 saturated carbocycles. The molecular weight excluding hydrogens is 400 g/mol. The van der Waals surface area contributed by atoms with Gasteiger partial charge in [0.05, 0.1) is 22.8 Å². The summed E-state index contributed by atoms with van der Waals surface area (Å²) in [7, 11) is 0. The monoisotopic (exact) mass is 428 g/mol. The van der Waals surface area contributed by atoms with Crippen LogP contribution in [0.1, 0.15) is 48.8 Å². The second-order valence-electron chi connectivity index (χ2n) is 9.15. The predicted molar refractivity (Wildman–Crippen MR) is 130 cm³/mol. The lowest BCUT2D eigenvalue weighted by atomic mass is 9.86. The first-order valence-electron chi connectivity index (χ1n) is 10.6. The van der Waals surface area contributed by atoms with E-state index in [1.165, 1.54) is 21.1 Å². The van der Waals surface area contributed by atoms with Crippen molar-refractivity contribution in [3.05, 3.63) is 94.2 Å². The molecule has 5 aromatic rings. The number of hydrogen-bond acceptors (Lipinski definition) is 1. The summed E-state index contributed by atoms with van der Waals surface area (Å²) in [6.45, 7) is 9.16. The number of H-pyrrole nitrogens is 4. The van der Waals surface area contributed by atoms with Crippen molar-refractivity contribution >= 4 is 11.3 Å². The normalized spacial score (nSPS) is 12.5. The van der Waals surface area contributed by atoms with Crippen LogP contribution in [0.2, 0.25) is 0 Å².